The van der Waals surface area contributed by atoms with Crippen molar-refractivity contribution in [3.05, 3.63) is 52.5 Å². The smallest absolute Gasteiger partial charge is 0.266 e. The minimum Gasteiger partial charge on any atom is -0.485 e. The van der Waals surface area contributed by atoms with Crippen molar-refractivity contribution >= 4 is 5.82 Å². The van der Waals surface area contributed by atoms with Gasteiger partial charge in [-0.25, -0.2) is 23.1 Å². The Hall–Kier alpha value is -3.14. The van der Waals surface area contributed by atoms with Crippen LogP contribution in [0.5, 0.6) is 5.75 Å². The number of hydrogen-bond donors (Lipinski definition) is 2. The molecule has 0 aliphatic carbocycles. The molecule has 0 aromatic heterocycles. The Balaban J connectivity index is 1.63. The molecule has 0 radical (unpaired) electrons. The predicted octanol–water partition coefficient (Wildman–Crippen LogP) is 3.60. The lowest BCUT2D eigenvalue weighted by Crippen LogP contribution is -2.23. The van der Waals surface area contributed by atoms with Gasteiger partial charge in [-0.3, -0.25) is 4.99 Å². The van der Waals surface area contributed by atoms with Crippen LogP contribution in [0.4, 0.5) is 19.0 Å². The van der Waals surface area contributed by atoms with Crippen molar-refractivity contribution in [3.8, 4) is 17.1 Å². The highest BCUT2D eigenvalue weighted by atomic mass is 19.3. The molecular formula is C23H25F3N6O. The molecule has 1 fully saturated rings. The van der Waals surface area contributed by atoms with Crippen LogP contribution in [0.15, 0.2) is 29.3 Å². The second-order valence-electron chi connectivity index (χ2n) is 8.36. The van der Waals surface area contributed by atoms with E-state index < -0.39 is 23.8 Å². The number of alkyl halides is 2. The summed E-state index contributed by atoms with van der Waals surface area (Å²) < 4.78 is 49.4. The van der Waals surface area contributed by atoms with Crippen LogP contribution in [0, 0.1) is 12.7 Å². The summed E-state index contributed by atoms with van der Waals surface area (Å²) in [5.41, 5.74) is 0.523. The van der Waals surface area contributed by atoms with Crippen LogP contribution in [-0.2, 0) is 6.54 Å². The molecular weight excluding hydrogens is 433 g/mol. The number of nitrogens with zero attached hydrogens (tertiary/aromatic N) is 4. The minimum absolute atomic E-state index is 0.0615. The molecule has 1 saturated heterocycles. The number of rotatable bonds is 5. The van der Waals surface area contributed by atoms with Crippen LogP contribution in [-0.4, -0.2) is 40.3 Å². The van der Waals surface area contributed by atoms with Gasteiger partial charge < -0.3 is 19.9 Å². The number of ether oxygens (including phenoxy) is 1. The largest absolute Gasteiger partial charge is 0.485 e. The van der Waals surface area contributed by atoms with Gasteiger partial charge in [-0.15, -0.1) is 0 Å². The third-order valence-corrected chi connectivity index (χ3v) is 6.05. The molecule has 33 heavy (non-hydrogen) atoms. The van der Waals surface area contributed by atoms with Gasteiger partial charge in [0.1, 0.15) is 23.6 Å². The number of fused-ring (bicyclic) bond motifs is 3. The zero-order valence-corrected chi connectivity index (χ0v) is 18.4. The molecule has 0 saturated carbocycles. The molecule has 7 nitrogen and oxygen atoms in total. The summed E-state index contributed by atoms with van der Waals surface area (Å²) in [6, 6.07) is 5.14. The number of halogens is 3. The number of anilines is 1. The third-order valence-electron chi connectivity index (χ3n) is 6.05. The molecule has 4 heterocycles. The highest BCUT2D eigenvalue weighted by Crippen LogP contribution is 2.36. The molecule has 0 bridgehead atoms. The molecule has 0 amide bonds. The van der Waals surface area contributed by atoms with Crippen LogP contribution in [0.1, 0.15) is 42.8 Å². The predicted molar refractivity (Wildman–Crippen MR) is 117 cm³/mol. The van der Waals surface area contributed by atoms with Gasteiger partial charge >= 0.3 is 0 Å². The van der Waals surface area contributed by atoms with Gasteiger partial charge in [0.05, 0.1) is 17.2 Å². The fourth-order valence-electron chi connectivity index (χ4n) is 4.42. The molecule has 2 atom stereocenters. The summed E-state index contributed by atoms with van der Waals surface area (Å²) in [5, 5.41) is 6.66. The first-order chi connectivity index (χ1) is 15.9. The van der Waals surface area contributed by atoms with Crippen LogP contribution < -0.4 is 20.9 Å². The van der Waals surface area contributed by atoms with Crippen molar-refractivity contribution in [2.24, 2.45) is 4.99 Å². The maximum atomic E-state index is 14.7. The van der Waals surface area contributed by atoms with Gasteiger partial charge in [-0.2, -0.15) is 0 Å². The third kappa shape index (κ3) is 4.03. The molecule has 2 N–H and O–H groups in total. The fourth-order valence-corrected chi connectivity index (χ4v) is 4.42. The van der Waals surface area contributed by atoms with Gasteiger partial charge in [0.2, 0.25) is 0 Å². The maximum Gasteiger partial charge on any atom is 0.266 e. The van der Waals surface area contributed by atoms with Gasteiger partial charge in [0.25, 0.3) is 6.43 Å². The fraction of sp³-hybridized carbons (Fsp3) is 0.435. The maximum absolute atomic E-state index is 14.7. The summed E-state index contributed by atoms with van der Waals surface area (Å²) in [4.78, 5) is 13.8. The van der Waals surface area contributed by atoms with Crippen molar-refractivity contribution in [1.82, 2.24) is 19.9 Å². The normalized spacial score (nSPS) is 19.2. The Morgan fingerprint density at radius 2 is 2.03 bits per heavy atom. The van der Waals surface area contributed by atoms with Crippen LogP contribution >= 0.6 is 0 Å². The van der Waals surface area contributed by atoms with E-state index in [2.05, 4.69) is 25.6 Å². The molecule has 5 rings (SSSR count). The van der Waals surface area contributed by atoms with E-state index in [-0.39, 0.29) is 11.7 Å². The lowest BCUT2D eigenvalue weighted by atomic mass is 10.0. The quantitative estimate of drug-likeness (QED) is 0.611. The van der Waals surface area contributed by atoms with E-state index in [9.17, 15) is 13.2 Å². The van der Waals surface area contributed by atoms with Gasteiger partial charge in [0.15, 0.2) is 17.1 Å². The van der Waals surface area contributed by atoms with Crippen LogP contribution in [0.25, 0.3) is 11.4 Å². The first-order valence-electron chi connectivity index (χ1n) is 11.1. The Morgan fingerprint density at radius 1 is 1.21 bits per heavy atom. The molecule has 174 valence electrons. The molecule has 1 aromatic carbocycles. The Bertz CT molecular complexity index is 1220. The Morgan fingerprint density at radius 3 is 2.79 bits per heavy atom. The van der Waals surface area contributed by atoms with Crippen LogP contribution in [0.2, 0.25) is 0 Å². The van der Waals surface area contributed by atoms with Crippen molar-refractivity contribution in [3.63, 3.8) is 0 Å². The van der Waals surface area contributed by atoms with E-state index in [1.165, 1.54) is 12.1 Å². The standard InChI is InChI=1S/C23H25F3N6O/c1-12(15-4-3-5-16(19(15)24)20(25)26)29-21-17-10-18(33-14-6-7-27-11-14)23-28-8-9-32(23)22(17)31-13(2)30-21/h3-5,10,12,14,20,27-28H,6-9,11H2,1-2H3/t12?,14-/m0/s1. The van der Waals surface area contributed by atoms with E-state index >= 15 is 0 Å². The van der Waals surface area contributed by atoms with Crippen LogP contribution in [0.3, 0.4) is 0 Å². The van der Waals surface area contributed by atoms with E-state index in [1.54, 1.807) is 13.8 Å². The van der Waals surface area contributed by atoms with Crippen molar-refractivity contribution in [2.45, 2.75) is 45.4 Å². The van der Waals surface area contributed by atoms with E-state index in [1.807, 2.05) is 10.6 Å². The zero-order valence-electron chi connectivity index (χ0n) is 18.4. The first-order valence-corrected chi connectivity index (χ1v) is 11.1. The number of nitrogens with one attached hydrogen (secondary N) is 2. The molecule has 4 aliphatic rings. The van der Waals surface area contributed by atoms with Crippen molar-refractivity contribution < 1.29 is 17.9 Å². The highest BCUT2D eigenvalue weighted by Gasteiger charge is 2.27. The number of pyridine rings is 1. The molecule has 1 unspecified atom stereocenters. The van der Waals surface area contributed by atoms with Gasteiger partial charge in [-0.1, -0.05) is 18.2 Å². The second-order valence-corrected chi connectivity index (χ2v) is 8.36. The minimum atomic E-state index is -2.89. The van der Waals surface area contributed by atoms with E-state index in [0.717, 1.165) is 37.9 Å². The number of benzene rings is 1. The van der Waals surface area contributed by atoms with Gasteiger partial charge in [0, 0.05) is 25.2 Å². The van der Waals surface area contributed by atoms with Crippen molar-refractivity contribution in [1.29, 1.82) is 0 Å². The lowest BCUT2D eigenvalue weighted by Gasteiger charge is -2.20. The average Bonchev–Trinajstić information content (AvgIpc) is 3.46. The molecule has 4 aliphatic heterocycles. The average molecular weight is 458 g/mol. The van der Waals surface area contributed by atoms with E-state index in [4.69, 9.17) is 4.74 Å². The molecule has 0 spiro atoms. The number of aromatic nitrogens is 3. The Labute approximate surface area is 189 Å². The van der Waals surface area contributed by atoms with Crippen molar-refractivity contribution in [2.75, 3.05) is 25.0 Å². The number of hydrogen-bond acceptors (Lipinski definition) is 6. The highest BCUT2D eigenvalue weighted by molar-refractivity contribution is 5.68. The Kier molecular flexibility index (Phi) is 5.69. The van der Waals surface area contributed by atoms with Gasteiger partial charge in [-0.05, 0) is 32.9 Å². The summed E-state index contributed by atoms with van der Waals surface area (Å²) in [5.74, 6) is 1.84. The summed E-state index contributed by atoms with van der Waals surface area (Å²) in [7, 11) is 0. The zero-order chi connectivity index (χ0) is 23.1. The summed E-state index contributed by atoms with van der Waals surface area (Å²) in [6.07, 6.45) is -1.92. The molecule has 10 heteroatoms. The topological polar surface area (TPSA) is 76.4 Å². The summed E-state index contributed by atoms with van der Waals surface area (Å²) in [6.45, 7) is 6.57. The van der Waals surface area contributed by atoms with E-state index in [0.29, 0.717) is 35.0 Å². The first kappa shape index (κ1) is 21.7. The lowest BCUT2D eigenvalue weighted by molar-refractivity contribution is 0.146. The SMILES string of the molecule is Cc1nc2n3c(c(O[C@H]4CCNC4)cc-2c(=NC(C)c2cccc(C(F)F)c2F)n1)NCC3. The second kappa shape index (κ2) is 8.66. The monoisotopic (exact) mass is 458 g/mol. The molecule has 1 aromatic rings. The number of aryl methyl sites for hydroxylation is 1. The summed E-state index contributed by atoms with van der Waals surface area (Å²) >= 11 is 0.